The van der Waals surface area contributed by atoms with Crippen molar-refractivity contribution in [3.8, 4) is 0 Å². The molecule has 0 amide bonds. The lowest BCUT2D eigenvalue weighted by atomic mass is 10.1. The van der Waals surface area contributed by atoms with Crippen molar-refractivity contribution in [2.75, 3.05) is 0 Å². The second kappa shape index (κ2) is 3.94. The third-order valence-electron chi connectivity index (χ3n) is 1.48. The predicted octanol–water partition coefficient (Wildman–Crippen LogP) is 3.63. The molecule has 1 nitrogen and oxygen atoms in total. The molecule has 1 rings (SSSR count). The first-order valence-electron chi connectivity index (χ1n) is 3.18. The van der Waals surface area contributed by atoms with Crippen molar-refractivity contribution >= 4 is 51.0 Å². The zero-order valence-corrected chi connectivity index (χ0v) is 9.87. The quantitative estimate of drug-likeness (QED) is 0.571. The fraction of sp³-hybridized carbons (Fsp3) is 0.125. The van der Waals surface area contributed by atoms with Crippen LogP contribution in [-0.2, 0) is 0 Å². The van der Waals surface area contributed by atoms with Gasteiger partial charge < -0.3 is 0 Å². The highest BCUT2D eigenvalue weighted by molar-refractivity contribution is 14.1. The molecule has 64 valence electrons. The van der Waals surface area contributed by atoms with Crippen molar-refractivity contribution in [1.82, 2.24) is 0 Å². The molecular formula is C8H5Cl2IO. The molecule has 0 aromatic heterocycles. The highest BCUT2D eigenvalue weighted by Crippen LogP contribution is 2.26. The van der Waals surface area contributed by atoms with E-state index in [1.807, 2.05) is 13.0 Å². The Kier molecular flexibility index (Phi) is 3.37. The summed E-state index contributed by atoms with van der Waals surface area (Å²) in [5.41, 5.74) is 1.41. The van der Waals surface area contributed by atoms with Crippen LogP contribution in [0.2, 0.25) is 5.02 Å². The molecule has 4 heteroatoms. The molecule has 0 unspecified atom stereocenters. The second-order valence-corrected chi connectivity index (χ2v) is 4.16. The van der Waals surface area contributed by atoms with Crippen LogP contribution >= 0.6 is 45.8 Å². The predicted molar refractivity (Wildman–Crippen MR) is 59.1 cm³/mol. The Hall–Kier alpha value is 0.200. The molecule has 0 heterocycles. The van der Waals surface area contributed by atoms with Crippen molar-refractivity contribution in [2.24, 2.45) is 0 Å². The summed E-state index contributed by atoms with van der Waals surface area (Å²) in [7, 11) is 0. The van der Waals surface area contributed by atoms with Crippen LogP contribution in [0, 0.1) is 10.5 Å². The molecule has 0 saturated carbocycles. The van der Waals surface area contributed by atoms with Crippen LogP contribution in [0.3, 0.4) is 0 Å². The molecule has 0 atom stereocenters. The summed E-state index contributed by atoms with van der Waals surface area (Å²) in [6.07, 6.45) is 0. The van der Waals surface area contributed by atoms with Gasteiger partial charge in [0.05, 0.1) is 10.6 Å². The molecule has 0 saturated heterocycles. The number of benzene rings is 1. The number of halogens is 3. The van der Waals surface area contributed by atoms with Gasteiger partial charge in [0.15, 0.2) is 0 Å². The van der Waals surface area contributed by atoms with Crippen LogP contribution in [0.4, 0.5) is 0 Å². The van der Waals surface area contributed by atoms with E-state index in [0.717, 1.165) is 9.13 Å². The third kappa shape index (κ3) is 1.92. The fourth-order valence-corrected chi connectivity index (χ4v) is 2.36. The zero-order chi connectivity index (χ0) is 9.30. The molecule has 1 aromatic carbocycles. The minimum atomic E-state index is -0.506. The first kappa shape index (κ1) is 10.3. The van der Waals surface area contributed by atoms with Gasteiger partial charge >= 0.3 is 0 Å². The van der Waals surface area contributed by atoms with Crippen molar-refractivity contribution in [1.29, 1.82) is 0 Å². The van der Waals surface area contributed by atoms with Crippen LogP contribution in [0.15, 0.2) is 12.1 Å². The first-order chi connectivity index (χ1) is 5.54. The lowest BCUT2D eigenvalue weighted by Gasteiger charge is -2.04. The van der Waals surface area contributed by atoms with E-state index < -0.39 is 5.24 Å². The Bertz CT molecular complexity index is 336. The zero-order valence-electron chi connectivity index (χ0n) is 6.20. The van der Waals surface area contributed by atoms with Crippen molar-refractivity contribution in [3.05, 3.63) is 31.9 Å². The van der Waals surface area contributed by atoms with Crippen molar-refractivity contribution < 1.29 is 4.79 Å². The highest BCUT2D eigenvalue weighted by Gasteiger charge is 2.13. The van der Waals surface area contributed by atoms with Crippen LogP contribution < -0.4 is 0 Å². The van der Waals surface area contributed by atoms with Crippen LogP contribution in [0.5, 0.6) is 0 Å². The van der Waals surface area contributed by atoms with Gasteiger partial charge in [0, 0.05) is 3.57 Å². The first-order valence-corrected chi connectivity index (χ1v) is 5.02. The summed E-state index contributed by atoms with van der Waals surface area (Å²) in [4.78, 5) is 10.9. The molecule has 0 aliphatic carbocycles. The lowest BCUT2D eigenvalue weighted by molar-refractivity contribution is 0.108. The summed E-state index contributed by atoms with van der Waals surface area (Å²) in [5, 5.41) is -0.0990. The van der Waals surface area contributed by atoms with Gasteiger partial charge in [0.2, 0.25) is 0 Å². The summed E-state index contributed by atoms with van der Waals surface area (Å²) < 4.78 is 0.820. The van der Waals surface area contributed by atoms with E-state index in [1.165, 1.54) is 0 Å². The largest absolute Gasteiger partial charge is 0.276 e. The van der Waals surface area contributed by atoms with Gasteiger partial charge in [-0.05, 0) is 52.7 Å². The van der Waals surface area contributed by atoms with Gasteiger partial charge in [0.25, 0.3) is 5.24 Å². The van der Waals surface area contributed by atoms with Crippen LogP contribution in [0.1, 0.15) is 15.9 Å². The smallest absolute Gasteiger partial charge is 0.254 e. The lowest BCUT2D eigenvalue weighted by Crippen LogP contribution is -1.96. The molecule has 1 aromatic rings. The van der Waals surface area contributed by atoms with Crippen LogP contribution in [-0.4, -0.2) is 5.24 Å². The van der Waals surface area contributed by atoms with Gasteiger partial charge in [0.1, 0.15) is 0 Å². The number of hydrogen-bond acceptors (Lipinski definition) is 1. The topological polar surface area (TPSA) is 17.1 Å². The van der Waals surface area contributed by atoms with Crippen LogP contribution in [0.25, 0.3) is 0 Å². The number of carbonyl (C=O) groups excluding carboxylic acids is 1. The highest BCUT2D eigenvalue weighted by atomic mass is 127. The van der Waals surface area contributed by atoms with Gasteiger partial charge in [-0.15, -0.1) is 0 Å². The standard InChI is InChI=1S/C8H5Cl2IO/c1-4-2-3-5(9)6(7(4)11)8(10)12/h2-3H,1H3. The molecule has 0 radical (unpaired) electrons. The van der Waals surface area contributed by atoms with Crippen molar-refractivity contribution in [2.45, 2.75) is 6.92 Å². The van der Waals surface area contributed by atoms with E-state index >= 15 is 0 Å². The van der Waals surface area contributed by atoms with E-state index in [-0.39, 0.29) is 0 Å². The van der Waals surface area contributed by atoms with Gasteiger partial charge in [-0.25, -0.2) is 0 Å². The molecule has 0 bridgehead atoms. The molecule has 0 fully saturated rings. The Balaban J connectivity index is 3.43. The Labute approximate surface area is 94.2 Å². The van der Waals surface area contributed by atoms with E-state index in [4.69, 9.17) is 23.2 Å². The van der Waals surface area contributed by atoms with Gasteiger partial charge in [-0.3, -0.25) is 4.79 Å². The second-order valence-electron chi connectivity index (χ2n) is 2.33. The average molecular weight is 315 g/mol. The maximum Gasteiger partial charge on any atom is 0.254 e. The normalized spacial score (nSPS) is 10.0. The fourth-order valence-electron chi connectivity index (χ4n) is 0.837. The number of aryl methyl sites for hydroxylation is 1. The van der Waals surface area contributed by atoms with E-state index in [0.29, 0.717) is 10.6 Å². The molecule has 0 aliphatic rings. The van der Waals surface area contributed by atoms with E-state index in [9.17, 15) is 4.79 Å². The monoisotopic (exact) mass is 314 g/mol. The Morgan fingerprint density at radius 2 is 2.08 bits per heavy atom. The molecule has 0 spiro atoms. The molecule has 0 aliphatic heterocycles. The summed E-state index contributed by atoms with van der Waals surface area (Å²) in [6, 6.07) is 3.53. The average Bonchev–Trinajstić information content (AvgIpc) is 1.97. The number of carbonyl (C=O) groups is 1. The minimum Gasteiger partial charge on any atom is -0.276 e. The number of hydrogen-bond donors (Lipinski definition) is 0. The maximum atomic E-state index is 10.9. The van der Waals surface area contributed by atoms with Crippen molar-refractivity contribution in [3.63, 3.8) is 0 Å². The Morgan fingerprint density at radius 1 is 1.50 bits per heavy atom. The van der Waals surface area contributed by atoms with Gasteiger partial charge in [-0.1, -0.05) is 17.7 Å². The molecular weight excluding hydrogens is 310 g/mol. The maximum absolute atomic E-state index is 10.9. The Morgan fingerprint density at radius 3 is 2.50 bits per heavy atom. The van der Waals surface area contributed by atoms with E-state index in [2.05, 4.69) is 22.6 Å². The van der Waals surface area contributed by atoms with E-state index in [1.54, 1.807) is 6.07 Å². The third-order valence-corrected chi connectivity index (χ3v) is 3.37. The molecule has 0 N–H and O–H groups in total. The SMILES string of the molecule is Cc1ccc(Cl)c(C(=O)Cl)c1I. The number of rotatable bonds is 1. The summed E-state index contributed by atoms with van der Waals surface area (Å²) >= 11 is 13.2. The summed E-state index contributed by atoms with van der Waals surface area (Å²) in [6.45, 7) is 1.90. The van der Waals surface area contributed by atoms with Gasteiger partial charge in [-0.2, -0.15) is 0 Å². The summed E-state index contributed by atoms with van der Waals surface area (Å²) in [5.74, 6) is 0. The minimum absolute atomic E-state index is 0.402. The molecule has 12 heavy (non-hydrogen) atoms.